The summed E-state index contributed by atoms with van der Waals surface area (Å²) < 4.78 is 3.46. The Hall–Kier alpha value is -3.46. The van der Waals surface area contributed by atoms with Crippen molar-refractivity contribution in [3.05, 3.63) is 71.4 Å². The maximum Gasteiger partial charge on any atom is 0.236 e. The largest absolute Gasteiger partial charge is 0.310 e. The first kappa shape index (κ1) is 20.4. The highest BCUT2D eigenvalue weighted by molar-refractivity contribution is 7.99. The summed E-state index contributed by atoms with van der Waals surface area (Å²) in [6, 6.07) is 17.9. The van der Waals surface area contributed by atoms with E-state index in [1.165, 1.54) is 17.3 Å². The number of hydrogen-bond donors (Lipinski definition) is 1. The van der Waals surface area contributed by atoms with Crippen molar-refractivity contribution in [1.82, 2.24) is 30.0 Å². The van der Waals surface area contributed by atoms with Gasteiger partial charge in [0, 0.05) is 12.0 Å². The summed E-state index contributed by atoms with van der Waals surface area (Å²) in [6.07, 6.45) is 2.30. The maximum atomic E-state index is 12.8. The highest BCUT2D eigenvalue weighted by Crippen LogP contribution is 2.40. The van der Waals surface area contributed by atoms with Crippen molar-refractivity contribution in [2.24, 2.45) is 0 Å². The molecule has 0 unspecified atom stereocenters. The van der Waals surface area contributed by atoms with E-state index in [0.717, 1.165) is 35.5 Å². The molecular weight excluding hydrogens is 422 g/mol. The normalized spacial score (nSPS) is 13.3. The molecule has 8 nitrogen and oxygen atoms in total. The minimum atomic E-state index is -0.135. The van der Waals surface area contributed by atoms with Crippen LogP contribution in [0.1, 0.15) is 35.6 Å². The number of carbonyl (C=O) groups excluding carboxylic acids is 1. The van der Waals surface area contributed by atoms with Crippen molar-refractivity contribution in [2.75, 3.05) is 11.1 Å². The van der Waals surface area contributed by atoms with Gasteiger partial charge in [0.05, 0.1) is 22.8 Å². The number of para-hydroxylation sites is 1. The average molecular weight is 446 g/mol. The molecule has 1 saturated carbocycles. The zero-order chi connectivity index (χ0) is 22.1. The smallest absolute Gasteiger partial charge is 0.236 e. The van der Waals surface area contributed by atoms with E-state index in [4.69, 9.17) is 5.10 Å². The Labute approximate surface area is 190 Å². The van der Waals surface area contributed by atoms with Crippen LogP contribution >= 0.6 is 11.8 Å². The molecule has 2 aromatic heterocycles. The van der Waals surface area contributed by atoms with Crippen LogP contribution in [0.25, 0.3) is 11.4 Å². The van der Waals surface area contributed by atoms with Gasteiger partial charge in [-0.25, -0.2) is 4.68 Å². The molecule has 1 N–H and O–H groups in total. The Kier molecular flexibility index (Phi) is 5.48. The summed E-state index contributed by atoms with van der Waals surface area (Å²) in [5.41, 5.74) is 5.18. The van der Waals surface area contributed by atoms with Gasteiger partial charge < -0.3 is 5.32 Å². The van der Waals surface area contributed by atoms with Crippen molar-refractivity contribution >= 4 is 23.5 Å². The summed E-state index contributed by atoms with van der Waals surface area (Å²) in [6.45, 7) is 4.11. The van der Waals surface area contributed by atoms with E-state index in [2.05, 4.69) is 34.7 Å². The van der Waals surface area contributed by atoms with Crippen LogP contribution < -0.4 is 5.32 Å². The first-order valence-corrected chi connectivity index (χ1v) is 11.5. The quantitative estimate of drug-likeness (QED) is 0.431. The third-order valence-electron chi connectivity index (χ3n) is 5.50. The first-order chi connectivity index (χ1) is 15.6. The van der Waals surface area contributed by atoms with E-state index in [0.29, 0.717) is 16.9 Å². The number of nitrogens with zero attached hydrogens (tertiary/aromatic N) is 6. The van der Waals surface area contributed by atoms with Crippen LogP contribution in [-0.2, 0) is 4.79 Å². The van der Waals surface area contributed by atoms with Gasteiger partial charge in [-0.15, -0.1) is 5.10 Å². The van der Waals surface area contributed by atoms with E-state index in [9.17, 15) is 4.79 Å². The topological polar surface area (TPSA) is 90.5 Å². The van der Waals surface area contributed by atoms with Crippen LogP contribution in [0.3, 0.4) is 0 Å². The molecule has 0 bridgehead atoms. The SMILES string of the molecule is Cc1ccc(-n2nnnc2SCC(=O)Nc2cc(C3CC3)nn2-c2ccccc2)cc1C. The molecule has 0 spiro atoms. The van der Waals surface area contributed by atoms with E-state index in [1.54, 1.807) is 9.36 Å². The zero-order valence-electron chi connectivity index (χ0n) is 17.9. The molecule has 5 rings (SSSR count). The molecule has 4 aromatic rings. The fourth-order valence-electron chi connectivity index (χ4n) is 3.43. The van der Waals surface area contributed by atoms with Gasteiger partial charge in [-0.2, -0.15) is 9.78 Å². The summed E-state index contributed by atoms with van der Waals surface area (Å²) in [4.78, 5) is 12.8. The van der Waals surface area contributed by atoms with Gasteiger partial charge in [-0.3, -0.25) is 4.79 Å². The number of aromatic nitrogens is 6. The zero-order valence-corrected chi connectivity index (χ0v) is 18.7. The minimum absolute atomic E-state index is 0.135. The molecule has 1 aliphatic rings. The van der Waals surface area contributed by atoms with Crippen LogP contribution in [0.2, 0.25) is 0 Å². The Morgan fingerprint density at radius 1 is 1.03 bits per heavy atom. The second-order valence-electron chi connectivity index (χ2n) is 7.95. The molecule has 9 heteroatoms. The molecule has 2 aromatic carbocycles. The van der Waals surface area contributed by atoms with E-state index < -0.39 is 0 Å². The number of nitrogens with one attached hydrogen (secondary N) is 1. The number of benzene rings is 2. The molecule has 1 aliphatic carbocycles. The van der Waals surface area contributed by atoms with Crippen molar-refractivity contribution in [3.8, 4) is 11.4 Å². The molecule has 0 saturated heterocycles. The molecule has 0 aliphatic heterocycles. The van der Waals surface area contributed by atoms with Crippen LogP contribution in [0.4, 0.5) is 5.82 Å². The maximum absolute atomic E-state index is 12.8. The Morgan fingerprint density at radius 3 is 2.59 bits per heavy atom. The summed E-state index contributed by atoms with van der Waals surface area (Å²) in [7, 11) is 0. The lowest BCUT2D eigenvalue weighted by molar-refractivity contribution is -0.113. The van der Waals surface area contributed by atoms with Gasteiger partial charge >= 0.3 is 0 Å². The van der Waals surface area contributed by atoms with Crippen molar-refractivity contribution in [2.45, 2.75) is 37.8 Å². The van der Waals surface area contributed by atoms with E-state index >= 15 is 0 Å². The number of amides is 1. The molecule has 32 heavy (non-hydrogen) atoms. The van der Waals surface area contributed by atoms with Gasteiger partial charge in [-0.05, 0) is 72.5 Å². The van der Waals surface area contributed by atoms with Gasteiger partial charge in [0.1, 0.15) is 5.82 Å². The van der Waals surface area contributed by atoms with Crippen molar-refractivity contribution < 1.29 is 4.79 Å². The van der Waals surface area contributed by atoms with Gasteiger partial charge in [0.2, 0.25) is 11.1 Å². The number of aryl methyl sites for hydroxylation is 2. The van der Waals surface area contributed by atoms with Crippen LogP contribution in [0.5, 0.6) is 0 Å². The monoisotopic (exact) mass is 445 g/mol. The molecule has 2 heterocycles. The lowest BCUT2D eigenvalue weighted by Gasteiger charge is -2.09. The second kappa shape index (κ2) is 8.58. The Morgan fingerprint density at radius 2 is 1.84 bits per heavy atom. The number of thioether (sulfide) groups is 1. The summed E-state index contributed by atoms with van der Waals surface area (Å²) >= 11 is 1.30. The van der Waals surface area contributed by atoms with Gasteiger partial charge in [-0.1, -0.05) is 36.0 Å². The highest BCUT2D eigenvalue weighted by atomic mass is 32.2. The second-order valence-corrected chi connectivity index (χ2v) is 8.90. The van der Waals surface area contributed by atoms with Gasteiger partial charge in [0.15, 0.2) is 0 Å². The lowest BCUT2D eigenvalue weighted by Crippen LogP contribution is -2.17. The number of tetrazole rings is 1. The molecular formula is C23H23N7OS. The van der Waals surface area contributed by atoms with Crippen molar-refractivity contribution in [3.63, 3.8) is 0 Å². The molecule has 1 fully saturated rings. The third kappa shape index (κ3) is 4.29. The average Bonchev–Trinajstić information content (AvgIpc) is 3.40. The van der Waals surface area contributed by atoms with E-state index in [-0.39, 0.29) is 11.7 Å². The summed E-state index contributed by atoms with van der Waals surface area (Å²) in [5, 5.41) is 20.3. The fraction of sp³-hybridized carbons (Fsp3) is 0.261. The number of hydrogen-bond acceptors (Lipinski definition) is 6. The molecule has 162 valence electrons. The predicted molar refractivity (Wildman–Crippen MR) is 124 cm³/mol. The van der Waals surface area contributed by atoms with Crippen LogP contribution in [0, 0.1) is 13.8 Å². The Bertz CT molecular complexity index is 1260. The predicted octanol–water partition coefficient (Wildman–Crippen LogP) is 4.07. The highest BCUT2D eigenvalue weighted by Gasteiger charge is 2.28. The fourth-order valence-corrected chi connectivity index (χ4v) is 4.12. The first-order valence-electron chi connectivity index (χ1n) is 10.5. The number of carbonyl (C=O) groups is 1. The van der Waals surface area contributed by atoms with E-state index in [1.807, 2.05) is 54.6 Å². The van der Waals surface area contributed by atoms with Crippen molar-refractivity contribution in [1.29, 1.82) is 0 Å². The standard InChI is InChI=1S/C23H23N7OS/c1-15-8-11-19(12-16(15)2)30-23(25-27-28-30)32-14-22(31)24-21-13-20(17-9-10-17)26-29(21)18-6-4-3-5-7-18/h3-8,11-13,17H,9-10,14H2,1-2H3,(H,24,31). The lowest BCUT2D eigenvalue weighted by atomic mass is 10.1. The molecule has 0 atom stereocenters. The van der Waals surface area contributed by atoms with Crippen LogP contribution in [0.15, 0.2) is 59.8 Å². The molecule has 0 radical (unpaired) electrons. The number of rotatable bonds is 7. The Balaban J connectivity index is 1.30. The van der Waals surface area contributed by atoms with Crippen LogP contribution in [-0.4, -0.2) is 41.6 Å². The van der Waals surface area contributed by atoms with Gasteiger partial charge in [0.25, 0.3) is 0 Å². The molecule has 1 amide bonds. The number of anilines is 1. The summed E-state index contributed by atoms with van der Waals surface area (Å²) in [5.74, 6) is 1.22. The third-order valence-corrected chi connectivity index (χ3v) is 6.42. The minimum Gasteiger partial charge on any atom is -0.310 e.